The van der Waals surface area contributed by atoms with Crippen LogP contribution in [0.5, 0.6) is 0 Å². The molecular weight excluding hydrogens is 869 g/mol. The lowest BCUT2D eigenvalue weighted by Crippen LogP contribution is -2.14. The fourth-order valence-electron chi connectivity index (χ4n) is 14.0. The average Bonchev–Trinajstić information content (AvgIpc) is 3.44. The van der Waals surface area contributed by atoms with Gasteiger partial charge < -0.3 is 9.80 Å². The monoisotopic (exact) mass is 947 g/mol. The largest absolute Gasteiger partial charge is 0.310 e. The van der Waals surface area contributed by atoms with Crippen molar-refractivity contribution in [3.05, 3.63) is 179 Å². The predicted molar refractivity (Wildman–Crippen MR) is 310 cm³/mol. The number of fused-ring (bicyclic) bond motifs is 5. The molecule has 8 aromatic carbocycles. The van der Waals surface area contributed by atoms with Crippen LogP contribution in [-0.4, -0.2) is 0 Å². The Morgan fingerprint density at radius 2 is 0.597 bits per heavy atom. The normalized spacial score (nSPS) is 18.0. The van der Waals surface area contributed by atoms with Gasteiger partial charge in [0, 0.05) is 33.5 Å². The Labute approximate surface area is 431 Å². The van der Waals surface area contributed by atoms with E-state index >= 15 is 0 Å². The standard InChI is InChI=1S/C70H78N2/c1-70(2,3)57-36-45-63-66-47-68(71(58-37-28-53(29-38-58)49-18-8-4-9-19-49)59-39-30-54(31-40-59)50-20-10-5-11-21-50)64-27-17-16-26-62(64)65(66)48-69(67(63)46-57)72(60-41-32-55(33-42-60)51-22-12-6-13-23-51)61-43-34-56(35-44-61)52-24-14-7-15-25-52/h16-17,26-52H,4-15,18-25H2,1-3H3. The SMILES string of the molecule is CC(C)(C)c1ccc2c(c1)c(N(c1ccc(C3CCCCC3)cc1)c1ccc(C3CCCCC3)cc1)cc1c3ccccc3c(N(c3ccc(C4CCCCC4)cc3)c3ccc(C4CCCCC4)cc3)cc21. The molecule has 8 aromatic rings. The molecule has 0 saturated heterocycles. The summed E-state index contributed by atoms with van der Waals surface area (Å²) in [5, 5.41) is 7.74. The summed E-state index contributed by atoms with van der Waals surface area (Å²) in [5.74, 6) is 2.66. The van der Waals surface area contributed by atoms with Gasteiger partial charge in [0.05, 0.1) is 11.4 Å². The van der Waals surface area contributed by atoms with Crippen LogP contribution in [0.25, 0.3) is 32.3 Å². The quantitative estimate of drug-likeness (QED) is 0.126. The van der Waals surface area contributed by atoms with E-state index < -0.39 is 0 Å². The number of rotatable bonds is 10. The van der Waals surface area contributed by atoms with Crippen molar-refractivity contribution in [2.45, 2.75) is 178 Å². The third-order valence-corrected chi connectivity index (χ3v) is 18.2. The van der Waals surface area contributed by atoms with E-state index in [1.54, 1.807) is 0 Å². The minimum Gasteiger partial charge on any atom is -0.310 e. The first kappa shape index (κ1) is 47.2. The molecule has 368 valence electrons. The number of hydrogen-bond acceptors (Lipinski definition) is 2. The van der Waals surface area contributed by atoms with Crippen LogP contribution < -0.4 is 9.80 Å². The second kappa shape index (κ2) is 20.6. The van der Waals surface area contributed by atoms with Gasteiger partial charge in [0.15, 0.2) is 0 Å². The van der Waals surface area contributed by atoms with Gasteiger partial charge in [0.2, 0.25) is 0 Å². The molecule has 2 nitrogen and oxygen atoms in total. The highest BCUT2D eigenvalue weighted by Crippen LogP contribution is 2.50. The Kier molecular flexibility index (Phi) is 13.5. The summed E-state index contributed by atoms with van der Waals surface area (Å²) in [7, 11) is 0. The lowest BCUT2D eigenvalue weighted by Gasteiger charge is -2.31. The maximum Gasteiger partial charge on any atom is 0.0546 e. The molecular formula is C70H78N2. The molecule has 0 radical (unpaired) electrons. The maximum absolute atomic E-state index is 2.60. The minimum atomic E-state index is -0.0204. The zero-order chi connectivity index (χ0) is 48.6. The van der Waals surface area contributed by atoms with Crippen molar-refractivity contribution in [3.63, 3.8) is 0 Å². The first-order valence-electron chi connectivity index (χ1n) is 28.8. The molecule has 4 aliphatic carbocycles. The Balaban J connectivity index is 1.06. The summed E-state index contributed by atoms with van der Waals surface area (Å²) in [4.78, 5) is 5.18. The van der Waals surface area contributed by atoms with Gasteiger partial charge in [0.1, 0.15) is 0 Å². The summed E-state index contributed by atoms with van der Waals surface area (Å²) < 4.78 is 0. The zero-order valence-corrected chi connectivity index (χ0v) is 43.8. The van der Waals surface area contributed by atoms with E-state index in [1.165, 1.54) is 223 Å². The van der Waals surface area contributed by atoms with E-state index in [0.29, 0.717) is 23.7 Å². The highest BCUT2D eigenvalue weighted by Gasteiger charge is 2.26. The van der Waals surface area contributed by atoms with Crippen molar-refractivity contribution in [3.8, 4) is 0 Å². The van der Waals surface area contributed by atoms with Gasteiger partial charge in [-0.15, -0.1) is 0 Å². The van der Waals surface area contributed by atoms with Crippen molar-refractivity contribution < 1.29 is 0 Å². The molecule has 0 bridgehead atoms. The second-order valence-electron chi connectivity index (χ2n) is 23.8. The van der Waals surface area contributed by atoms with Gasteiger partial charge in [-0.1, -0.05) is 183 Å². The highest BCUT2D eigenvalue weighted by molar-refractivity contribution is 6.24. The molecule has 0 aromatic heterocycles. The van der Waals surface area contributed by atoms with Gasteiger partial charge >= 0.3 is 0 Å². The molecule has 0 N–H and O–H groups in total. The molecule has 0 atom stereocenters. The summed E-state index contributed by atoms with van der Waals surface area (Å²) in [6.07, 6.45) is 26.7. The van der Waals surface area contributed by atoms with Crippen LogP contribution in [0.3, 0.4) is 0 Å². The van der Waals surface area contributed by atoms with Crippen LogP contribution in [0.15, 0.2) is 152 Å². The van der Waals surface area contributed by atoms with Crippen molar-refractivity contribution in [1.82, 2.24) is 0 Å². The summed E-state index contributed by atoms with van der Waals surface area (Å²) >= 11 is 0. The fraction of sp³-hybridized carbons (Fsp3) is 0.400. The summed E-state index contributed by atoms with van der Waals surface area (Å²) in [6.45, 7) is 7.09. The number of nitrogens with zero attached hydrogens (tertiary/aromatic N) is 2. The zero-order valence-electron chi connectivity index (χ0n) is 43.8. The molecule has 12 rings (SSSR count). The van der Waals surface area contributed by atoms with Crippen LogP contribution in [0.4, 0.5) is 34.1 Å². The van der Waals surface area contributed by atoms with Crippen molar-refractivity contribution >= 4 is 66.4 Å². The van der Waals surface area contributed by atoms with Crippen LogP contribution in [0.2, 0.25) is 0 Å². The molecule has 72 heavy (non-hydrogen) atoms. The molecule has 2 heteroatoms. The predicted octanol–water partition coefficient (Wildman–Crippen LogP) is 21.6. The van der Waals surface area contributed by atoms with Crippen molar-refractivity contribution in [2.75, 3.05) is 9.80 Å². The Morgan fingerprint density at radius 1 is 0.292 bits per heavy atom. The minimum absolute atomic E-state index is 0.0204. The average molecular weight is 947 g/mol. The van der Waals surface area contributed by atoms with E-state index in [1.807, 2.05) is 0 Å². The molecule has 4 fully saturated rings. The summed E-state index contributed by atoms with van der Waals surface area (Å²) in [5.41, 5.74) is 14.7. The van der Waals surface area contributed by atoms with Gasteiger partial charge in [-0.3, -0.25) is 0 Å². The third kappa shape index (κ3) is 9.49. The maximum atomic E-state index is 2.60. The van der Waals surface area contributed by atoms with E-state index in [9.17, 15) is 0 Å². The number of hydrogen-bond donors (Lipinski definition) is 0. The highest BCUT2D eigenvalue weighted by atomic mass is 15.2. The van der Waals surface area contributed by atoms with Gasteiger partial charge in [-0.2, -0.15) is 0 Å². The van der Waals surface area contributed by atoms with Crippen molar-refractivity contribution in [2.24, 2.45) is 0 Å². The first-order chi connectivity index (χ1) is 35.3. The molecule has 0 spiro atoms. The molecule has 0 unspecified atom stereocenters. The molecule has 0 aliphatic heterocycles. The number of anilines is 6. The smallest absolute Gasteiger partial charge is 0.0546 e. The van der Waals surface area contributed by atoms with Crippen molar-refractivity contribution in [1.29, 1.82) is 0 Å². The van der Waals surface area contributed by atoms with Gasteiger partial charge in [0.25, 0.3) is 0 Å². The Morgan fingerprint density at radius 3 is 0.931 bits per heavy atom. The number of benzene rings is 8. The van der Waals surface area contributed by atoms with Crippen LogP contribution in [0.1, 0.15) is 201 Å². The Hall–Kier alpha value is -5.86. The van der Waals surface area contributed by atoms with Crippen LogP contribution in [-0.2, 0) is 5.41 Å². The van der Waals surface area contributed by atoms with Crippen LogP contribution in [0, 0.1) is 0 Å². The van der Waals surface area contributed by atoms with E-state index in [2.05, 4.69) is 182 Å². The van der Waals surface area contributed by atoms with Gasteiger partial charge in [-0.25, -0.2) is 0 Å². The van der Waals surface area contributed by atoms with E-state index in [-0.39, 0.29) is 5.41 Å². The first-order valence-corrected chi connectivity index (χ1v) is 28.8. The lowest BCUT2D eigenvalue weighted by atomic mass is 9.83. The fourth-order valence-corrected chi connectivity index (χ4v) is 14.0. The third-order valence-electron chi connectivity index (χ3n) is 18.2. The van der Waals surface area contributed by atoms with E-state index in [4.69, 9.17) is 0 Å². The van der Waals surface area contributed by atoms with Crippen LogP contribution >= 0.6 is 0 Å². The summed E-state index contributed by atoms with van der Waals surface area (Å²) in [6, 6.07) is 60.8. The molecule has 0 amide bonds. The lowest BCUT2D eigenvalue weighted by molar-refractivity contribution is 0.443. The van der Waals surface area contributed by atoms with E-state index in [0.717, 1.165) is 0 Å². The second-order valence-corrected chi connectivity index (χ2v) is 23.8. The van der Waals surface area contributed by atoms with Gasteiger partial charge in [-0.05, 0) is 197 Å². The molecule has 4 saturated carbocycles. The molecule has 0 heterocycles. The molecule has 4 aliphatic rings. The Bertz CT molecular complexity index is 2990. The topological polar surface area (TPSA) is 6.48 Å².